The van der Waals surface area contributed by atoms with Gasteiger partial charge in [-0.25, -0.2) is 9.18 Å². The van der Waals surface area contributed by atoms with Gasteiger partial charge >= 0.3 is 6.03 Å². The highest BCUT2D eigenvalue weighted by Crippen LogP contribution is 2.23. The van der Waals surface area contributed by atoms with Crippen LogP contribution in [-0.4, -0.2) is 42.1 Å². The van der Waals surface area contributed by atoms with Crippen molar-refractivity contribution in [3.8, 4) is 0 Å². The van der Waals surface area contributed by atoms with Crippen molar-refractivity contribution in [1.29, 1.82) is 0 Å². The Morgan fingerprint density at radius 3 is 2.55 bits per heavy atom. The van der Waals surface area contributed by atoms with E-state index in [4.69, 9.17) is 4.74 Å². The molecule has 7 heteroatoms. The lowest BCUT2D eigenvalue weighted by Gasteiger charge is -2.33. The monoisotopic (exact) mass is 399 g/mol. The number of hydrogen-bond acceptors (Lipinski definition) is 3. The summed E-state index contributed by atoms with van der Waals surface area (Å²) in [5.74, 6) is -0.508. The van der Waals surface area contributed by atoms with E-state index in [0.29, 0.717) is 30.9 Å². The summed E-state index contributed by atoms with van der Waals surface area (Å²) in [6.07, 6.45) is -0.306. The minimum atomic E-state index is -0.348. The molecule has 0 saturated carbocycles. The summed E-state index contributed by atoms with van der Waals surface area (Å²) in [5, 5.41) is 5.74. The molecule has 0 radical (unpaired) electrons. The number of carbonyl (C=O) groups is 2. The largest absolute Gasteiger partial charge is 0.370 e. The van der Waals surface area contributed by atoms with Crippen molar-refractivity contribution < 1.29 is 18.7 Å². The fraction of sp³-hybridized carbons (Fsp3) is 0.364. The number of urea groups is 1. The SMILES string of the molecule is CC(C)(C)NC(=O)c1cccc(NC(=O)N2CCOC(c3ccc(F)cc3)C2)c1. The minimum absolute atomic E-state index is 0.198. The molecule has 1 heterocycles. The number of nitrogens with one attached hydrogen (secondary N) is 2. The fourth-order valence-corrected chi connectivity index (χ4v) is 3.07. The molecule has 1 saturated heterocycles. The van der Waals surface area contributed by atoms with Crippen molar-refractivity contribution in [2.75, 3.05) is 25.0 Å². The quantitative estimate of drug-likeness (QED) is 0.821. The zero-order chi connectivity index (χ0) is 21.0. The zero-order valence-electron chi connectivity index (χ0n) is 16.9. The summed E-state index contributed by atoms with van der Waals surface area (Å²) in [5.41, 5.74) is 1.49. The van der Waals surface area contributed by atoms with E-state index in [-0.39, 0.29) is 29.4 Å². The van der Waals surface area contributed by atoms with Crippen molar-refractivity contribution in [2.45, 2.75) is 32.4 Å². The number of anilines is 1. The molecular weight excluding hydrogens is 373 g/mol. The van der Waals surface area contributed by atoms with Gasteiger partial charge in [-0.3, -0.25) is 4.79 Å². The van der Waals surface area contributed by atoms with Gasteiger partial charge in [0.2, 0.25) is 0 Å². The number of halogens is 1. The molecular formula is C22H26FN3O3. The van der Waals surface area contributed by atoms with E-state index in [1.54, 1.807) is 41.3 Å². The van der Waals surface area contributed by atoms with Crippen LogP contribution in [0.15, 0.2) is 48.5 Å². The van der Waals surface area contributed by atoms with Crippen LogP contribution in [0.3, 0.4) is 0 Å². The minimum Gasteiger partial charge on any atom is -0.370 e. The topological polar surface area (TPSA) is 70.7 Å². The van der Waals surface area contributed by atoms with Crippen molar-refractivity contribution in [2.24, 2.45) is 0 Å². The maximum absolute atomic E-state index is 13.1. The highest BCUT2D eigenvalue weighted by atomic mass is 19.1. The summed E-state index contributed by atoms with van der Waals surface area (Å²) in [6.45, 7) is 6.93. The van der Waals surface area contributed by atoms with Gasteiger partial charge in [0.05, 0.1) is 13.2 Å². The Kier molecular flexibility index (Phi) is 6.17. The van der Waals surface area contributed by atoms with Gasteiger partial charge in [-0.1, -0.05) is 18.2 Å². The molecule has 2 aromatic carbocycles. The van der Waals surface area contributed by atoms with Gasteiger partial charge < -0.3 is 20.3 Å². The third-order valence-electron chi connectivity index (χ3n) is 4.46. The van der Waals surface area contributed by atoms with Crippen molar-refractivity contribution in [3.05, 3.63) is 65.5 Å². The average Bonchev–Trinajstić information content (AvgIpc) is 2.67. The summed E-state index contributed by atoms with van der Waals surface area (Å²) in [4.78, 5) is 26.7. The normalized spacial score (nSPS) is 17.0. The van der Waals surface area contributed by atoms with Gasteiger partial charge in [0.15, 0.2) is 0 Å². The van der Waals surface area contributed by atoms with Crippen LogP contribution < -0.4 is 10.6 Å². The lowest BCUT2D eigenvalue weighted by atomic mass is 10.1. The number of nitrogens with zero attached hydrogens (tertiary/aromatic N) is 1. The summed E-state index contributed by atoms with van der Waals surface area (Å²) < 4.78 is 18.9. The van der Waals surface area contributed by atoms with Crippen LogP contribution >= 0.6 is 0 Å². The molecule has 29 heavy (non-hydrogen) atoms. The molecule has 3 amide bonds. The number of ether oxygens (including phenoxy) is 1. The molecule has 0 spiro atoms. The second kappa shape index (κ2) is 8.61. The molecule has 2 N–H and O–H groups in total. The molecule has 2 aromatic rings. The van der Waals surface area contributed by atoms with Crippen LogP contribution in [-0.2, 0) is 4.74 Å². The van der Waals surface area contributed by atoms with Gasteiger partial charge in [0, 0.05) is 23.3 Å². The van der Waals surface area contributed by atoms with E-state index in [2.05, 4.69) is 10.6 Å². The summed E-state index contributed by atoms with van der Waals surface area (Å²) >= 11 is 0. The number of benzene rings is 2. The third kappa shape index (κ3) is 5.77. The Morgan fingerprint density at radius 2 is 1.86 bits per heavy atom. The molecule has 1 fully saturated rings. The van der Waals surface area contributed by atoms with Crippen LogP contribution in [0.2, 0.25) is 0 Å². The van der Waals surface area contributed by atoms with Crippen LogP contribution in [0.4, 0.5) is 14.9 Å². The second-order valence-electron chi connectivity index (χ2n) is 8.07. The molecule has 0 bridgehead atoms. The first-order valence-electron chi connectivity index (χ1n) is 9.57. The maximum Gasteiger partial charge on any atom is 0.322 e. The average molecular weight is 399 g/mol. The van der Waals surface area contributed by atoms with Crippen LogP contribution in [0.1, 0.15) is 42.8 Å². The maximum atomic E-state index is 13.1. The molecule has 1 aliphatic rings. The van der Waals surface area contributed by atoms with E-state index >= 15 is 0 Å². The predicted octanol–water partition coefficient (Wildman–Crippen LogP) is 3.96. The van der Waals surface area contributed by atoms with Crippen molar-refractivity contribution in [1.82, 2.24) is 10.2 Å². The predicted molar refractivity (Wildman–Crippen MR) is 109 cm³/mol. The Labute approximate surface area is 170 Å². The van der Waals surface area contributed by atoms with Crippen LogP contribution in [0.25, 0.3) is 0 Å². The van der Waals surface area contributed by atoms with E-state index in [1.807, 2.05) is 20.8 Å². The molecule has 0 aromatic heterocycles. The summed E-state index contributed by atoms with van der Waals surface area (Å²) in [7, 11) is 0. The molecule has 1 aliphatic heterocycles. The first-order chi connectivity index (χ1) is 13.7. The first kappa shape index (κ1) is 20.8. The lowest BCUT2D eigenvalue weighted by molar-refractivity contribution is -0.0135. The lowest BCUT2D eigenvalue weighted by Crippen LogP contribution is -2.44. The van der Waals surface area contributed by atoms with E-state index in [1.165, 1.54) is 12.1 Å². The second-order valence-corrected chi connectivity index (χ2v) is 8.07. The zero-order valence-corrected chi connectivity index (χ0v) is 16.9. The van der Waals surface area contributed by atoms with Crippen molar-refractivity contribution in [3.63, 3.8) is 0 Å². The molecule has 1 atom stereocenters. The molecule has 0 aliphatic carbocycles. The van der Waals surface area contributed by atoms with Gasteiger partial charge in [-0.15, -0.1) is 0 Å². The Hall–Kier alpha value is -2.93. The van der Waals surface area contributed by atoms with Gasteiger partial charge in [0.1, 0.15) is 11.9 Å². The van der Waals surface area contributed by atoms with Gasteiger partial charge in [-0.2, -0.15) is 0 Å². The number of morpholine rings is 1. The van der Waals surface area contributed by atoms with Gasteiger partial charge in [-0.05, 0) is 56.7 Å². The van der Waals surface area contributed by atoms with Crippen molar-refractivity contribution >= 4 is 17.6 Å². The third-order valence-corrected chi connectivity index (χ3v) is 4.46. The highest BCUT2D eigenvalue weighted by Gasteiger charge is 2.25. The number of rotatable bonds is 3. The van der Waals surface area contributed by atoms with Crippen LogP contribution in [0, 0.1) is 5.82 Å². The molecule has 6 nitrogen and oxygen atoms in total. The summed E-state index contributed by atoms with van der Waals surface area (Å²) in [6, 6.07) is 12.6. The molecule has 1 unspecified atom stereocenters. The Bertz CT molecular complexity index is 878. The standard InChI is InChI=1S/C22H26FN3O3/c1-22(2,3)25-20(27)16-5-4-6-18(13-16)24-21(28)26-11-12-29-19(14-26)15-7-9-17(23)10-8-15/h4-10,13,19H,11-12,14H2,1-3H3,(H,24,28)(H,25,27). The van der Waals surface area contributed by atoms with E-state index < -0.39 is 0 Å². The Morgan fingerprint density at radius 1 is 1.14 bits per heavy atom. The van der Waals surface area contributed by atoms with E-state index in [9.17, 15) is 14.0 Å². The van der Waals surface area contributed by atoms with Crippen LogP contribution in [0.5, 0.6) is 0 Å². The number of amides is 3. The number of hydrogen-bond donors (Lipinski definition) is 2. The fourth-order valence-electron chi connectivity index (χ4n) is 3.07. The Balaban J connectivity index is 1.64. The first-order valence-corrected chi connectivity index (χ1v) is 9.57. The molecule has 3 rings (SSSR count). The number of carbonyl (C=O) groups excluding carboxylic acids is 2. The van der Waals surface area contributed by atoms with Gasteiger partial charge in [0.25, 0.3) is 5.91 Å². The molecule has 154 valence electrons. The highest BCUT2D eigenvalue weighted by molar-refractivity contribution is 5.97. The smallest absolute Gasteiger partial charge is 0.322 e. The van der Waals surface area contributed by atoms with E-state index in [0.717, 1.165) is 5.56 Å².